The summed E-state index contributed by atoms with van der Waals surface area (Å²) in [6, 6.07) is 4.18. The van der Waals surface area contributed by atoms with E-state index in [1.807, 2.05) is 0 Å². The van der Waals surface area contributed by atoms with Crippen LogP contribution in [0.2, 0.25) is 0 Å². The number of likely N-dealkylation sites (N-methyl/N-ethyl adjacent to an activating group) is 1. The van der Waals surface area contributed by atoms with Crippen LogP contribution in [0.5, 0.6) is 5.75 Å². The summed E-state index contributed by atoms with van der Waals surface area (Å²) in [5.74, 6) is 0.240. The second-order valence-electron chi connectivity index (χ2n) is 6.47. The van der Waals surface area contributed by atoms with Gasteiger partial charge in [-0.2, -0.15) is 0 Å². The number of nitrogens with zero attached hydrogens (tertiary/aromatic N) is 1. The topological polar surface area (TPSA) is 105 Å². The van der Waals surface area contributed by atoms with Gasteiger partial charge in [-0.15, -0.1) is 0 Å². The monoisotopic (exact) mass is 383 g/mol. The molecule has 1 saturated heterocycles. The average Bonchev–Trinajstić information content (AvgIpc) is 2.93. The molecule has 1 aliphatic rings. The van der Waals surface area contributed by atoms with Crippen LogP contribution < -0.4 is 15.4 Å². The van der Waals surface area contributed by atoms with Crippen molar-refractivity contribution in [3.8, 4) is 5.75 Å². The van der Waals surface area contributed by atoms with Crippen LogP contribution in [0.25, 0.3) is 0 Å². The first-order chi connectivity index (χ1) is 12.1. The van der Waals surface area contributed by atoms with Crippen LogP contribution in [-0.2, 0) is 19.4 Å². The Morgan fingerprint density at radius 2 is 2.04 bits per heavy atom. The minimum absolute atomic E-state index is 0.00327. The number of amides is 2. The lowest BCUT2D eigenvalue weighted by molar-refractivity contribution is -0.132. The summed E-state index contributed by atoms with van der Waals surface area (Å²) in [7, 11) is 0.0756. The van der Waals surface area contributed by atoms with Crippen LogP contribution in [0, 0.1) is 0 Å². The van der Waals surface area contributed by atoms with E-state index < -0.39 is 15.9 Å². The quantitative estimate of drug-likeness (QED) is 0.762. The van der Waals surface area contributed by atoms with Crippen molar-refractivity contribution in [3.05, 3.63) is 18.2 Å². The highest BCUT2D eigenvalue weighted by atomic mass is 32.2. The van der Waals surface area contributed by atoms with Crippen molar-refractivity contribution in [2.45, 2.75) is 32.4 Å². The van der Waals surface area contributed by atoms with Gasteiger partial charge in [0.1, 0.15) is 11.8 Å². The predicted molar refractivity (Wildman–Crippen MR) is 100 cm³/mol. The van der Waals surface area contributed by atoms with Crippen molar-refractivity contribution in [3.63, 3.8) is 0 Å². The molecule has 0 aromatic heterocycles. The van der Waals surface area contributed by atoms with Gasteiger partial charge in [-0.1, -0.05) is 0 Å². The van der Waals surface area contributed by atoms with Gasteiger partial charge in [-0.05, 0) is 31.5 Å². The van der Waals surface area contributed by atoms with Crippen molar-refractivity contribution in [2.24, 2.45) is 0 Å². The van der Waals surface area contributed by atoms with Crippen molar-refractivity contribution >= 4 is 33.0 Å². The SMILES string of the molecule is COc1ccc(NC(C)=O)cc1N[C@H](C)C(=O)N(C)[C@@H]1CCS(=O)(=O)C1. The van der Waals surface area contributed by atoms with Crippen molar-refractivity contribution in [2.75, 3.05) is 36.3 Å². The number of rotatable bonds is 6. The fraction of sp³-hybridized carbons (Fsp3) is 0.529. The minimum Gasteiger partial charge on any atom is -0.495 e. The van der Waals surface area contributed by atoms with Gasteiger partial charge in [0, 0.05) is 25.7 Å². The Labute approximate surface area is 153 Å². The average molecular weight is 383 g/mol. The summed E-state index contributed by atoms with van der Waals surface area (Å²) < 4.78 is 28.6. The fourth-order valence-corrected chi connectivity index (χ4v) is 4.74. The van der Waals surface area contributed by atoms with E-state index in [4.69, 9.17) is 4.74 Å². The van der Waals surface area contributed by atoms with Gasteiger partial charge in [0.05, 0.1) is 24.3 Å². The third-order valence-corrected chi connectivity index (χ3v) is 6.12. The third kappa shape index (κ3) is 4.87. The molecule has 9 heteroatoms. The van der Waals surface area contributed by atoms with Crippen molar-refractivity contribution in [1.29, 1.82) is 0 Å². The molecule has 0 spiro atoms. The van der Waals surface area contributed by atoms with Crippen molar-refractivity contribution in [1.82, 2.24) is 4.90 Å². The number of carbonyl (C=O) groups excluding carboxylic acids is 2. The standard InChI is InChI=1S/C17H25N3O5S/c1-11(17(22)20(3)14-7-8-26(23,24)10-14)18-15-9-13(19-12(2)21)5-6-16(15)25-4/h5-6,9,11,14,18H,7-8,10H2,1-4H3,(H,19,21)/t11-,14-/m1/s1. The number of hydrogen-bond acceptors (Lipinski definition) is 6. The number of sulfone groups is 1. The molecule has 0 saturated carbocycles. The highest BCUT2D eigenvalue weighted by Crippen LogP contribution is 2.29. The fourth-order valence-electron chi connectivity index (χ4n) is 2.96. The molecule has 1 aromatic carbocycles. The number of benzene rings is 1. The molecule has 2 N–H and O–H groups in total. The Morgan fingerprint density at radius 1 is 1.35 bits per heavy atom. The molecule has 1 aromatic rings. The normalized spacial score (nSPS) is 19.5. The number of carbonyl (C=O) groups is 2. The summed E-state index contributed by atoms with van der Waals surface area (Å²) in [6.45, 7) is 3.11. The predicted octanol–water partition coefficient (Wildman–Crippen LogP) is 1.10. The van der Waals surface area contributed by atoms with Gasteiger partial charge in [0.25, 0.3) is 0 Å². The highest BCUT2D eigenvalue weighted by molar-refractivity contribution is 7.91. The number of methoxy groups -OCH3 is 1. The van der Waals surface area contributed by atoms with E-state index in [0.717, 1.165) is 0 Å². The molecule has 2 rings (SSSR count). The van der Waals surface area contributed by atoms with E-state index in [0.29, 0.717) is 23.5 Å². The summed E-state index contributed by atoms with van der Waals surface area (Å²) in [5, 5.41) is 5.76. The molecule has 2 atom stereocenters. The smallest absolute Gasteiger partial charge is 0.244 e. The lowest BCUT2D eigenvalue weighted by Gasteiger charge is -2.27. The van der Waals surface area contributed by atoms with Crippen LogP contribution >= 0.6 is 0 Å². The van der Waals surface area contributed by atoms with Gasteiger partial charge in [-0.3, -0.25) is 9.59 Å². The number of hydrogen-bond donors (Lipinski definition) is 2. The van der Waals surface area contributed by atoms with Crippen molar-refractivity contribution < 1.29 is 22.7 Å². The number of anilines is 2. The van der Waals surface area contributed by atoms with E-state index in [1.54, 1.807) is 32.2 Å². The summed E-state index contributed by atoms with van der Waals surface area (Å²) in [6.07, 6.45) is 0.457. The first-order valence-electron chi connectivity index (χ1n) is 8.32. The Balaban J connectivity index is 2.11. The summed E-state index contributed by atoms with van der Waals surface area (Å²) in [5.41, 5.74) is 1.14. The maximum atomic E-state index is 12.7. The van der Waals surface area contributed by atoms with Crippen LogP contribution in [0.15, 0.2) is 18.2 Å². The zero-order chi connectivity index (χ0) is 19.5. The van der Waals surface area contributed by atoms with Crippen LogP contribution in [0.4, 0.5) is 11.4 Å². The molecule has 0 aliphatic carbocycles. The molecule has 0 unspecified atom stereocenters. The summed E-state index contributed by atoms with van der Waals surface area (Å²) >= 11 is 0. The first kappa shape index (κ1) is 20.0. The first-order valence-corrected chi connectivity index (χ1v) is 10.1. The number of nitrogens with one attached hydrogen (secondary N) is 2. The van der Waals surface area contributed by atoms with Crippen LogP contribution in [-0.4, -0.2) is 62.9 Å². The Morgan fingerprint density at radius 3 is 2.58 bits per heavy atom. The Hall–Kier alpha value is -2.29. The second-order valence-corrected chi connectivity index (χ2v) is 8.70. The Bertz CT molecular complexity index is 794. The van der Waals surface area contributed by atoms with Crippen LogP contribution in [0.1, 0.15) is 20.3 Å². The molecule has 1 fully saturated rings. The summed E-state index contributed by atoms with van der Waals surface area (Å²) in [4.78, 5) is 25.4. The minimum atomic E-state index is -3.06. The van der Waals surface area contributed by atoms with E-state index in [2.05, 4.69) is 10.6 Å². The lowest BCUT2D eigenvalue weighted by atomic mass is 10.2. The molecule has 2 amide bonds. The van der Waals surface area contributed by atoms with Gasteiger partial charge in [-0.25, -0.2) is 8.42 Å². The van der Waals surface area contributed by atoms with Gasteiger partial charge >= 0.3 is 0 Å². The van der Waals surface area contributed by atoms with E-state index in [-0.39, 0.29) is 29.4 Å². The number of ether oxygens (including phenoxy) is 1. The molecule has 8 nitrogen and oxygen atoms in total. The van der Waals surface area contributed by atoms with E-state index >= 15 is 0 Å². The Kier molecular flexibility index (Phi) is 6.12. The lowest BCUT2D eigenvalue weighted by Crippen LogP contribution is -2.45. The highest BCUT2D eigenvalue weighted by Gasteiger charge is 2.34. The van der Waals surface area contributed by atoms with Gasteiger partial charge in [0.15, 0.2) is 9.84 Å². The zero-order valence-electron chi connectivity index (χ0n) is 15.4. The molecule has 0 radical (unpaired) electrons. The molecular formula is C17H25N3O5S. The largest absolute Gasteiger partial charge is 0.495 e. The molecule has 1 heterocycles. The zero-order valence-corrected chi connectivity index (χ0v) is 16.2. The molecule has 1 aliphatic heterocycles. The van der Waals surface area contributed by atoms with Gasteiger partial charge < -0.3 is 20.3 Å². The maximum absolute atomic E-state index is 12.7. The molecule has 0 bridgehead atoms. The van der Waals surface area contributed by atoms with Crippen LogP contribution in [0.3, 0.4) is 0 Å². The second kappa shape index (κ2) is 7.94. The molecule has 26 heavy (non-hydrogen) atoms. The van der Waals surface area contributed by atoms with Gasteiger partial charge in [0.2, 0.25) is 11.8 Å². The maximum Gasteiger partial charge on any atom is 0.244 e. The third-order valence-electron chi connectivity index (χ3n) is 4.37. The van der Waals surface area contributed by atoms with E-state index in [9.17, 15) is 18.0 Å². The molecular weight excluding hydrogens is 358 g/mol. The van der Waals surface area contributed by atoms with E-state index in [1.165, 1.54) is 18.9 Å². The molecule has 144 valence electrons.